The number of hydrogen-bond acceptors (Lipinski definition) is 7. The zero-order valence-electron chi connectivity index (χ0n) is 17.6. The largest absolute Gasteiger partial charge is 0.454 e. The average molecular weight is 419 g/mol. The van der Waals surface area contributed by atoms with Gasteiger partial charge in [0.05, 0.1) is 5.69 Å². The molecular weight excluding hydrogens is 394 g/mol. The third-order valence-corrected chi connectivity index (χ3v) is 6.42. The Hall–Kier alpha value is -3.03. The second kappa shape index (κ2) is 7.59. The van der Waals surface area contributed by atoms with E-state index < -0.39 is 0 Å². The van der Waals surface area contributed by atoms with Crippen molar-refractivity contribution in [3.05, 3.63) is 42.1 Å². The Morgan fingerprint density at radius 2 is 1.58 bits per heavy atom. The summed E-state index contributed by atoms with van der Waals surface area (Å²) >= 11 is 0. The van der Waals surface area contributed by atoms with E-state index in [1.807, 2.05) is 12.3 Å². The van der Waals surface area contributed by atoms with E-state index in [2.05, 4.69) is 41.0 Å². The molecule has 0 saturated carbocycles. The molecular formula is C24H25N3O4. The van der Waals surface area contributed by atoms with Crippen LogP contribution in [-0.4, -0.2) is 61.1 Å². The van der Waals surface area contributed by atoms with E-state index >= 15 is 0 Å². The molecule has 0 amide bonds. The van der Waals surface area contributed by atoms with Gasteiger partial charge in [0.25, 0.3) is 0 Å². The van der Waals surface area contributed by atoms with E-state index in [-0.39, 0.29) is 13.6 Å². The topological polar surface area (TPSA) is 56.3 Å². The number of piperazine rings is 1. The zero-order chi connectivity index (χ0) is 20.8. The van der Waals surface area contributed by atoms with E-state index in [9.17, 15) is 0 Å². The summed E-state index contributed by atoms with van der Waals surface area (Å²) < 4.78 is 22.5. The molecule has 0 bridgehead atoms. The van der Waals surface area contributed by atoms with Gasteiger partial charge in [-0.1, -0.05) is 13.0 Å². The van der Waals surface area contributed by atoms with Gasteiger partial charge in [0.1, 0.15) is 0 Å². The summed E-state index contributed by atoms with van der Waals surface area (Å²) in [5, 5.41) is 2.05. The van der Waals surface area contributed by atoms with Crippen molar-refractivity contribution in [1.82, 2.24) is 14.8 Å². The molecule has 1 fully saturated rings. The third-order valence-electron chi connectivity index (χ3n) is 6.42. The van der Waals surface area contributed by atoms with Gasteiger partial charge >= 0.3 is 0 Å². The Kier molecular flexibility index (Phi) is 4.58. The first-order valence-electron chi connectivity index (χ1n) is 10.8. The Balaban J connectivity index is 1.38. The highest BCUT2D eigenvalue weighted by molar-refractivity contribution is 5.93. The molecule has 0 radical (unpaired) electrons. The maximum atomic E-state index is 5.68. The Labute approximate surface area is 181 Å². The van der Waals surface area contributed by atoms with Crippen LogP contribution in [0.4, 0.5) is 0 Å². The van der Waals surface area contributed by atoms with Crippen LogP contribution >= 0.6 is 0 Å². The summed E-state index contributed by atoms with van der Waals surface area (Å²) in [7, 11) is 0. The monoisotopic (exact) mass is 419 g/mol. The Morgan fingerprint density at radius 3 is 2.42 bits per heavy atom. The average Bonchev–Trinajstić information content (AvgIpc) is 3.48. The second-order valence-corrected chi connectivity index (χ2v) is 8.16. The number of hydrogen-bond donors (Lipinski definition) is 0. The van der Waals surface area contributed by atoms with Crippen LogP contribution in [0.3, 0.4) is 0 Å². The van der Waals surface area contributed by atoms with Crippen molar-refractivity contribution in [2.24, 2.45) is 0 Å². The van der Waals surface area contributed by atoms with Crippen LogP contribution < -0.4 is 18.9 Å². The minimum Gasteiger partial charge on any atom is -0.454 e. The fourth-order valence-corrected chi connectivity index (χ4v) is 4.59. The summed E-state index contributed by atoms with van der Waals surface area (Å²) in [6.45, 7) is 9.08. The maximum absolute atomic E-state index is 5.68. The van der Waals surface area contributed by atoms with E-state index in [1.165, 1.54) is 5.56 Å². The number of pyridine rings is 1. The van der Waals surface area contributed by atoms with Crippen LogP contribution in [0.5, 0.6) is 23.0 Å². The lowest BCUT2D eigenvalue weighted by Crippen LogP contribution is -2.45. The highest BCUT2D eigenvalue weighted by Crippen LogP contribution is 2.42. The summed E-state index contributed by atoms with van der Waals surface area (Å²) in [5.74, 6) is 3.14. The SMILES string of the molecule is CCN1CCN(Cc2cc3c(cc2-c2cc4ccc5c(c4cn2)OCO5)OCO3)CC1. The molecule has 160 valence electrons. The van der Waals surface area contributed by atoms with Crippen LogP contribution in [0.2, 0.25) is 0 Å². The van der Waals surface area contributed by atoms with Crippen LogP contribution in [0.1, 0.15) is 12.5 Å². The fourth-order valence-electron chi connectivity index (χ4n) is 4.59. The van der Waals surface area contributed by atoms with Crippen LogP contribution in [-0.2, 0) is 6.54 Å². The molecule has 3 aliphatic rings. The molecule has 0 N–H and O–H groups in total. The molecule has 0 spiro atoms. The lowest BCUT2D eigenvalue weighted by molar-refractivity contribution is 0.132. The molecule has 6 rings (SSSR count). The maximum Gasteiger partial charge on any atom is 0.231 e. The predicted octanol–water partition coefficient (Wildman–Crippen LogP) is 3.50. The fraction of sp³-hybridized carbons (Fsp3) is 0.375. The highest BCUT2D eigenvalue weighted by Gasteiger charge is 2.23. The van der Waals surface area contributed by atoms with Gasteiger partial charge in [-0.15, -0.1) is 0 Å². The molecule has 0 aliphatic carbocycles. The number of fused-ring (bicyclic) bond motifs is 4. The molecule has 0 atom stereocenters. The van der Waals surface area contributed by atoms with Crippen LogP contribution in [0.15, 0.2) is 36.5 Å². The van der Waals surface area contributed by atoms with Crippen molar-refractivity contribution in [2.75, 3.05) is 46.3 Å². The van der Waals surface area contributed by atoms with E-state index in [4.69, 9.17) is 23.9 Å². The number of aromatic nitrogens is 1. The predicted molar refractivity (Wildman–Crippen MR) is 117 cm³/mol. The van der Waals surface area contributed by atoms with Crippen LogP contribution in [0.25, 0.3) is 22.0 Å². The molecule has 1 saturated heterocycles. The summed E-state index contributed by atoms with van der Waals surface area (Å²) in [6.07, 6.45) is 1.88. The van der Waals surface area contributed by atoms with Gasteiger partial charge in [0.2, 0.25) is 13.6 Å². The summed E-state index contributed by atoms with van der Waals surface area (Å²) in [6, 6.07) is 10.3. The third kappa shape index (κ3) is 3.34. The normalized spacial score (nSPS) is 18.1. The molecule has 4 heterocycles. The first kappa shape index (κ1) is 18.7. The summed E-state index contributed by atoms with van der Waals surface area (Å²) in [5.41, 5.74) is 3.22. The molecule has 0 unspecified atom stereocenters. The van der Waals surface area contributed by atoms with Crippen molar-refractivity contribution >= 4 is 10.8 Å². The second-order valence-electron chi connectivity index (χ2n) is 8.16. The molecule has 3 aromatic rings. The van der Waals surface area contributed by atoms with Crippen LogP contribution in [0, 0.1) is 0 Å². The van der Waals surface area contributed by atoms with Gasteiger partial charge < -0.3 is 23.8 Å². The van der Waals surface area contributed by atoms with Crippen molar-refractivity contribution in [1.29, 1.82) is 0 Å². The highest BCUT2D eigenvalue weighted by atomic mass is 16.7. The van der Waals surface area contributed by atoms with Gasteiger partial charge in [0, 0.05) is 49.9 Å². The number of benzene rings is 2. The molecule has 7 heteroatoms. The standard InChI is InChI=1S/C24H25N3O4/c1-2-26-5-7-27(8-6-26)13-17-10-22-23(30-14-29-22)11-18(17)20-9-16-3-4-21-24(31-15-28-21)19(16)12-25-20/h3-4,9-12H,2,5-8,13-15H2,1H3. The number of likely N-dealkylation sites (N-methyl/N-ethyl adjacent to an activating group) is 1. The minimum atomic E-state index is 0.258. The van der Waals surface area contributed by atoms with Gasteiger partial charge in [-0.25, -0.2) is 0 Å². The number of ether oxygens (including phenoxy) is 4. The molecule has 7 nitrogen and oxygen atoms in total. The molecule has 31 heavy (non-hydrogen) atoms. The molecule has 1 aromatic heterocycles. The van der Waals surface area contributed by atoms with Gasteiger partial charge in [-0.2, -0.15) is 0 Å². The number of rotatable bonds is 4. The van der Waals surface area contributed by atoms with E-state index in [1.54, 1.807) is 0 Å². The van der Waals surface area contributed by atoms with Crippen molar-refractivity contribution in [2.45, 2.75) is 13.5 Å². The molecule has 3 aliphatic heterocycles. The first-order valence-corrected chi connectivity index (χ1v) is 10.8. The summed E-state index contributed by atoms with van der Waals surface area (Å²) in [4.78, 5) is 9.80. The van der Waals surface area contributed by atoms with Gasteiger partial charge in [0.15, 0.2) is 23.0 Å². The van der Waals surface area contributed by atoms with Crippen molar-refractivity contribution in [3.8, 4) is 34.3 Å². The minimum absolute atomic E-state index is 0.258. The van der Waals surface area contributed by atoms with E-state index in [0.717, 1.165) is 84.3 Å². The Bertz CT molecular complexity index is 1140. The van der Waals surface area contributed by atoms with Gasteiger partial charge in [-0.05, 0) is 41.8 Å². The Morgan fingerprint density at radius 1 is 0.839 bits per heavy atom. The first-order chi connectivity index (χ1) is 15.3. The smallest absolute Gasteiger partial charge is 0.231 e. The van der Waals surface area contributed by atoms with Gasteiger partial charge in [-0.3, -0.25) is 9.88 Å². The lowest BCUT2D eigenvalue weighted by atomic mass is 10.00. The quantitative estimate of drug-likeness (QED) is 0.642. The zero-order valence-corrected chi connectivity index (χ0v) is 17.6. The lowest BCUT2D eigenvalue weighted by Gasteiger charge is -2.34. The van der Waals surface area contributed by atoms with Crippen molar-refractivity contribution < 1.29 is 18.9 Å². The van der Waals surface area contributed by atoms with E-state index in [0.29, 0.717) is 0 Å². The number of nitrogens with zero attached hydrogens (tertiary/aromatic N) is 3. The van der Waals surface area contributed by atoms with Crippen molar-refractivity contribution in [3.63, 3.8) is 0 Å². The molecule has 2 aromatic carbocycles.